The quantitative estimate of drug-likeness (QED) is 0.940. The number of carbonyl (C=O) groups excluding carboxylic acids is 1. The van der Waals surface area contributed by atoms with Crippen LogP contribution in [-0.2, 0) is 11.2 Å². The summed E-state index contributed by atoms with van der Waals surface area (Å²) in [4.78, 5) is 14.5. The molecule has 0 saturated carbocycles. The molecule has 2 aromatic carbocycles. The first-order valence-electron chi connectivity index (χ1n) is 8.24. The molecule has 0 aromatic heterocycles. The number of likely N-dealkylation sites (tertiary alicyclic amines) is 1. The standard InChI is InChI=1S/C20H23NO2/c1-15-4-2-3-5-18(15)14-20(23)21-12-10-17(11-13-21)16-6-8-19(22)9-7-16/h2-9,17,22H,10-14H2,1H3. The summed E-state index contributed by atoms with van der Waals surface area (Å²) in [6, 6.07) is 15.6. The third kappa shape index (κ3) is 3.73. The van der Waals surface area contributed by atoms with Crippen LogP contribution in [-0.4, -0.2) is 29.0 Å². The lowest BCUT2D eigenvalue weighted by atomic mass is 9.89. The summed E-state index contributed by atoms with van der Waals surface area (Å²) in [7, 11) is 0. The van der Waals surface area contributed by atoms with E-state index in [1.807, 2.05) is 35.2 Å². The average molecular weight is 309 g/mol. The van der Waals surface area contributed by atoms with Crippen LogP contribution in [0.25, 0.3) is 0 Å². The first-order chi connectivity index (χ1) is 11.1. The maximum atomic E-state index is 12.5. The topological polar surface area (TPSA) is 40.5 Å². The van der Waals surface area contributed by atoms with Gasteiger partial charge in [0.15, 0.2) is 0 Å². The van der Waals surface area contributed by atoms with E-state index in [0.717, 1.165) is 31.5 Å². The van der Waals surface area contributed by atoms with Crippen molar-refractivity contribution in [2.45, 2.75) is 32.1 Å². The van der Waals surface area contributed by atoms with Crippen molar-refractivity contribution in [1.29, 1.82) is 0 Å². The highest BCUT2D eigenvalue weighted by atomic mass is 16.3. The van der Waals surface area contributed by atoms with Crippen LogP contribution >= 0.6 is 0 Å². The van der Waals surface area contributed by atoms with Crippen molar-refractivity contribution >= 4 is 5.91 Å². The van der Waals surface area contributed by atoms with Crippen LogP contribution in [0, 0.1) is 6.92 Å². The first kappa shape index (κ1) is 15.6. The fourth-order valence-corrected chi connectivity index (χ4v) is 3.29. The number of aromatic hydroxyl groups is 1. The monoisotopic (exact) mass is 309 g/mol. The second-order valence-corrected chi connectivity index (χ2v) is 6.35. The Morgan fingerprint density at radius 2 is 1.74 bits per heavy atom. The van der Waals surface area contributed by atoms with Gasteiger partial charge in [0.25, 0.3) is 0 Å². The Balaban J connectivity index is 1.57. The molecular weight excluding hydrogens is 286 g/mol. The van der Waals surface area contributed by atoms with Gasteiger partial charge in [0.2, 0.25) is 5.91 Å². The fourth-order valence-electron chi connectivity index (χ4n) is 3.29. The van der Waals surface area contributed by atoms with Crippen molar-refractivity contribution in [2.75, 3.05) is 13.1 Å². The summed E-state index contributed by atoms with van der Waals surface area (Å²) in [5.74, 6) is 1.01. The van der Waals surface area contributed by atoms with Gasteiger partial charge in [-0.15, -0.1) is 0 Å². The van der Waals surface area contributed by atoms with E-state index in [0.29, 0.717) is 18.1 Å². The SMILES string of the molecule is Cc1ccccc1CC(=O)N1CCC(c2ccc(O)cc2)CC1. The summed E-state index contributed by atoms with van der Waals surface area (Å²) < 4.78 is 0. The van der Waals surface area contributed by atoms with Crippen LogP contribution in [0.1, 0.15) is 35.4 Å². The summed E-state index contributed by atoms with van der Waals surface area (Å²) in [5.41, 5.74) is 3.56. The van der Waals surface area contributed by atoms with E-state index in [2.05, 4.69) is 13.0 Å². The molecule has 3 nitrogen and oxygen atoms in total. The minimum atomic E-state index is 0.225. The van der Waals surface area contributed by atoms with Gasteiger partial charge in [-0.2, -0.15) is 0 Å². The highest BCUT2D eigenvalue weighted by Crippen LogP contribution is 2.29. The van der Waals surface area contributed by atoms with Crippen molar-refractivity contribution in [3.05, 3.63) is 65.2 Å². The van der Waals surface area contributed by atoms with E-state index in [4.69, 9.17) is 0 Å². The number of rotatable bonds is 3. The minimum absolute atomic E-state index is 0.225. The molecule has 120 valence electrons. The van der Waals surface area contributed by atoms with Gasteiger partial charge in [-0.05, 0) is 54.5 Å². The van der Waals surface area contributed by atoms with Gasteiger partial charge in [0.1, 0.15) is 5.75 Å². The van der Waals surface area contributed by atoms with E-state index in [-0.39, 0.29) is 5.91 Å². The molecule has 0 bridgehead atoms. The largest absolute Gasteiger partial charge is 0.508 e. The molecule has 23 heavy (non-hydrogen) atoms. The van der Waals surface area contributed by atoms with E-state index < -0.39 is 0 Å². The molecule has 0 radical (unpaired) electrons. The Hall–Kier alpha value is -2.29. The van der Waals surface area contributed by atoms with E-state index in [1.54, 1.807) is 12.1 Å². The first-order valence-corrected chi connectivity index (χ1v) is 8.24. The number of hydrogen-bond donors (Lipinski definition) is 1. The Morgan fingerprint density at radius 3 is 2.39 bits per heavy atom. The van der Waals surface area contributed by atoms with Crippen LogP contribution < -0.4 is 0 Å². The number of hydrogen-bond acceptors (Lipinski definition) is 2. The second kappa shape index (κ2) is 6.86. The molecule has 3 rings (SSSR count). The molecule has 1 aliphatic heterocycles. The van der Waals surface area contributed by atoms with Gasteiger partial charge >= 0.3 is 0 Å². The number of benzene rings is 2. The molecule has 0 unspecified atom stereocenters. The number of nitrogens with zero attached hydrogens (tertiary/aromatic N) is 1. The summed E-state index contributed by atoms with van der Waals surface area (Å²) >= 11 is 0. The van der Waals surface area contributed by atoms with Gasteiger partial charge in [-0.25, -0.2) is 0 Å². The molecule has 1 saturated heterocycles. The highest BCUT2D eigenvalue weighted by molar-refractivity contribution is 5.79. The molecule has 3 heteroatoms. The molecule has 2 aromatic rings. The number of amides is 1. The second-order valence-electron chi connectivity index (χ2n) is 6.35. The Kier molecular flexibility index (Phi) is 4.65. The van der Waals surface area contributed by atoms with E-state index >= 15 is 0 Å². The molecule has 1 fully saturated rings. The molecule has 1 amide bonds. The van der Waals surface area contributed by atoms with Crippen LogP contribution in [0.4, 0.5) is 0 Å². The number of carbonyl (C=O) groups is 1. The molecule has 0 aliphatic carbocycles. The fraction of sp³-hybridized carbons (Fsp3) is 0.350. The Bertz CT molecular complexity index is 670. The molecular formula is C20H23NO2. The molecule has 0 spiro atoms. The third-order valence-corrected chi connectivity index (χ3v) is 4.82. The zero-order valence-electron chi connectivity index (χ0n) is 13.5. The van der Waals surface area contributed by atoms with Crippen LogP contribution in [0.3, 0.4) is 0 Å². The van der Waals surface area contributed by atoms with Gasteiger partial charge < -0.3 is 10.0 Å². The Labute approximate surface area is 137 Å². The minimum Gasteiger partial charge on any atom is -0.508 e. The van der Waals surface area contributed by atoms with Gasteiger partial charge in [-0.3, -0.25) is 4.79 Å². The lowest BCUT2D eigenvalue weighted by molar-refractivity contribution is -0.131. The van der Waals surface area contributed by atoms with Gasteiger partial charge in [-0.1, -0.05) is 36.4 Å². The smallest absolute Gasteiger partial charge is 0.226 e. The lowest BCUT2D eigenvalue weighted by Crippen LogP contribution is -2.38. The third-order valence-electron chi connectivity index (χ3n) is 4.82. The van der Waals surface area contributed by atoms with Crippen LogP contribution in [0.15, 0.2) is 48.5 Å². The number of piperidine rings is 1. The van der Waals surface area contributed by atoms with Gasteiger partial charge in [0.05, 0.1) is 6.42 Å². The Morgan fingerprint density at radius 1 is 1.09 bits per heavy atom. The van der Waals surface area contributed by atoms with Crippen molar-refractivity contribution < 1.29 is 9.90 Å². The zero-order valence-corrected chi connectivity index (χ0v) is 13.5. The van der Waals surface area contributed by atoms with Crippen molar-refractivity contribution in [3.8, 4) is 5.75 Å². The van der Waals surface area contributed by atoms with Crippen molar-refractivity contribution in [1.82, 2.24) is 4.90 Å². The molecule has 1 heterocycles. The van der Waals surface area contributed by atoms with Crippen molar-refractivity contribution in [3.63, 3.8) is 0 Å². The van der Waals surface area contributed by atoms with Crippen molar-refractivity contribution in [2.24, 2.45) is 0 Å². The van der Waals surface area contributed by atoms with E-state index in [1.165, 1.54) is 11.1 Å². The van der Waals surface area contributed by atoms with E-state index in [9.17, 15) is 9.90 Å². The summed E-state index contributed by atoms with van der Waals surface area (Å²) in [5, 5.41) is 9.38. The molecule has 1 aliphatic rings. The number of phenols is 1. The van der Waals surface area contributed by atoms with Gasteiger partial charge in [0, 0.05) is 13.1 Å². The van der Waals surface area contributed by atoms with Crippen LogP contribution in [0.5, 0.6) is 5.75 Å². The zero-order chi connectivity index (χ0) is 16.2. The molecule has 1 N–H and O–H groups in total. The summed E-state index contributed by atoms with van der Waals surface area (Å²) in [6.07, 6.45) is 2.48. The highest BCUT2D eigenvalue weighted by Gasteiger charge is 2.24. The predicted octanol–water partition coefficient (Wildman–Crippen LogP) is 3.65. The maximum Gasteiger partial charge on any atom is 0.226 e. The number of phenolic OH excluding ortho intramolecular Hbond substituents is 1. The average Bonchev–Trinajstić information content (AvgIpc) is 2.58. The van der Waals surface area contributed by atoms with Crippen LogP contribution in [0.2, 0.25) is 0 Å². The lowest BCUT2D eigenvalue weighted by Gasteiger charge is -2.32. The predicted molar refractivity (Wildman–Crippen MR) is 91.5 cm³/mol. The molecule has 0 atom stereocenters. The number of aryl methyl sites for hydroxylation is 1. The normalized spacial score (nSPS) is 15.6. The maximum absolute atomic E-state index is 12.5. The summed E-state index contributed by atoms with van der Waals surface area (Å²) in [6.45, 7) is 3.69.